The highest BCUT2D eigenvalue weighted by Gasteiger charge is 2.11. The van der Waals surface area contributed by atoms with Crippen LogP contribution >= 0.6 is 11.8 Å². The Morgan fingerprint density at radius 2 is 2.12 bits per heavy atom. The normalized spacial score (nSPS) is 11.9. The second-order valence-electron chi connectivity index (χ2n) is 3.37. The molecule has 0 aliphatic heterocycles. The van der Waals surface area contributed by atoms with Crippen molar-refractivity contribution in [2.45, 2.75) is 12.5 Å². The maximum absolute atomic E-state index is 11.5. The van der Waals surface area contributed by atoms with Crippen molar-refractivity contribution in [3.63, 3.8) is 0 Å². The molecule has 0 fully saturated rings. The second kappa shape index (κ2) is 7.14. The summed E-state index contributed by atoms with van der Waals surface area (Å²) in [6, 6.07) is 8.98. The largest absolute Gasteiger partial charge is 0.320 e. The minimum atomic E-state index is -0.455. The van der Waals surface area contributed by atoms with Gasteiger partial charge in [0.25, 0.3) is 5.91 Å². The van der Waals surface area contributed by atoms with Crippen molar-refractivity contribution in [3.8, 4) is 0 Å². The highest BCUT2D eigenvalue weighted by atomic mass is 32.2. The fraction of sp³-hybridized carbons (Fsp3) is 0.364. The molecule has 5 heteroatoms. The van der Waals surface area contributed by atoms with E-state index in [0.29, 0.717) is 6.42 Å². The summed E-state index contributed by atoms with van der Waals surface area (Å²) in [7, 11) is 0. The summed E-state index contributed by atoms with van der Waals surface area (Å²) in [4.78, 5) is 11.5. The molecule has 1 amide bonds. The smallest absolute Gasteiger partial charge is 0.255 e. The molecule has 4 nitrogen and oxygen atoms in total. The fourth-order valence-electron chi connectivity index (χ4n) is 1.12. The number of rotatable bonds is 6. The van der Waals surface area contributed by atoms with Crippen molar-refractivity contribution < 1.29 is 4.79 Å². The van der Waals surface area contributed by atoms with Gasteiger partial charge in [0.2, 0.25) is 0 Å². The van der Waals surface area contributed by atoms with Gasteiger partial charge in [0.05, 0.1) is 11.7 Å². The molecule has 16 heavy (non-hydrogen) atoms. The zero-order chi connectivity index (χ0) is 11.8. The first kappa shape index (κ1) is 12.9. The predicted octanol–water partition coefficient (Wildman–Crippen LogP) is 1.21. The monoisotopic (exact) mass is 239 g/mol. The van der Waals surface area contributed by atoms with E-state index in [-0.39, 0.29) is 5.91 Å². The van der Waals surface area contributed by atoms with Crippen LogP contribution in [0.3, 0.4) is 0 Å². The van der Waals surface area contributed by atoms with Crippen molar-refractivity contribution in [1.29, 1.82) is 0 Å². The zero-order valence-electron chi connectivity index (χ0n) is 9.27. The Balaban J connectivity index is 2.29. The number of anilines is 1. The van der Waals surface area contributed by atoms with Crippen LogP contribution in [0, 0.1) is 0 Å². The summed E-state index contributed by atoms with van der Waals surface area (Å²) in [5.74, 6) is 0.706. The van der Waals surface area contributed by atoms with Crippen LogP contribution in [0.25, 0.3) is 0 Å². The standard InChI is InChI=1S/C11H17N3OS/c1-16-8-7-10(12)11(15)14-13-9-5-3-2-4-6-9/h2-6,10,13H,7-8,12H2,1H3,(H,14,15). The van der Waals surface area contributed by atoms with Crippen LogP contribution in [0.15, 0.2) is 30.3 Å². The zero-order valence-corrected chi connectivity index (χ0v) is 10.1. The first-order valence-corrected chi connectivity index (χ1v) is 6.49. The number of para-hydroxylation sites is 1. The maximum atomic E-state index is 11.5. The Kier molecular flexibility index (Phi) is 5.74. The number of carbonyl (C=O) groups excluding carboxylic acids is 1. The van der Waals surface area contributed by atoms with E-state index in [1.165, 1.54) is 0 Å². The number of benzene rings is 1. The molecular weight excluding hydrogens is 222 g/mol. The number of hydrogen-bond donors (Lipinski definition) is 3. The number of amides is 1. The Hall–Kier alpha value is -1.20. The van der Waals surface area contributed by atoms with Crippen molar-refractivity contribution in [3.05, 3.63) is 30.3 Å². The Labute approximate surface area is 100.0 Å². The van der Waals surface area contributed by atoms with Gasteiger partial charge in [0.15, 0.2) is 0 Å². The number of thioether (sulfide) groups is 1. The van der Waals surface area contributed by atoms with Gasteiger partial charge in [0, 0.05) is 0 Å². The highest BCUT2D eigenvalue weighted by molar-refractivity contribution is 7.98. The van der Waals surface area contributed by atoms with Gasteiger partial charge in [-0.2, -0.15) is 11.8 Å². The van der Waals surface area contributed by atoms with E-state index in [1.54, 1.807) is 11.8 Å². The molecule has 1 rings (SSSR count). The molecule has 0 saturated carbocycles. The van der Waals surface area contributed by atoms with Gasteiger partial charge in [-0.25, -0.2) is 0 Å². The summed E-state index contributed by atoms with van der Waals surface area (Å²) in [5, 5.41) is 0. The summed E-state index contributed by atoms with van der Waals surface area (Å²) in [6.07, 6.45) is 2.68. The molecule has 0 radical (unpaired) electrons. The van der Waals surface area contributed by atoms with Crippen LogP contribution in [-0.4, -0.2) is 24.0 Å². The number of hydrogen-bond acceptors (Lipinski definition) is 4. The first-order valence-electron chi connectivity index (χ1n) is 5.09. The number of nitrogens with two attached hydrogens (primary N) is 1. The van der Waals surface area contributed by atoms with E-state index in [1.807, 2.05) is 36.6 Å². The quantitative estimate of drug-likeness (QED) is 0.653. The maximum Gasteiger partial charge on any atom is 0.255 e. The predicted molar refractivity (Wildman–Crippen MR) is 69.2 cm³/mol. The van der Waals surface area contributed by atoms with Crippen molar-refractivity contribution in [2.75, 3.05) is 17.4 Å². The van der Waals surface area contributed by atoms with Crippen LogP contribution in [0.1, 0.15) is 6.42 Å². The van der Waals surface area contributed by atoms with Crippen LogP contribution in [0.2, 0.25) is 0 Å². The Morgan fingerprint density at radius 1 is 1.44 bits per heavy atom. The number of carbonyl (C=O) groups is 1. The lowest BCUT2D eigenvalue weighted by molar-refractivity contribution is -0.121. The van der Waals surface area contributed by atoms with Crippen molar-refractivity contribution in [1.82, 2.24) is 5.43 Å². The van der Waals surface area contributed by atoms with Gasteiger partial charge in [-0.15, -0.1) is 0 Å². The molecule has 0 spiro atoms. The summed E-state index contributed by atoms with van der Waals surface area (Å²) in [5.41, 5.74) is 11.9. The van der Waals surface area contributed by atoms with Crippen molar-refractivity contribution >= 4 is 23.4 Å². The van der Waals surface area contributed by atoms with Crippen LogP contribution in [-0.2, 0) is 4.79 Å². The number of nitrogens with one attached hydrogen (secondary N) is 2. The lowest BCUT2D eigenvalue weighted by atomic mass is 10.2. The minimum Gasteiger partial charge on any atom is -0.320 e. The highest BCUT2D eigenvalue weighted by Crippen LogP contribution is 2.03. The van der Waals surface area contributed by atoms with Crippen LogP contribution in [0.5, 0.6) is 0 Å². The lowest BCUT2D eigenvalue weighted by Crippen LogP contribution is -2.43. The molecular formula is C11H17N3OS. The van der Waals surface area contributed by atoms with E-state index < -0.39 is 6.04 Å². The molecule has 88 valence electrons. The van der Waals surface area contributed by atoms with Gasteiger partial charge >= 0.3 is 0 Å². The molecule has 0 heterocycles. The molecule has 1 unspecified atom stereocenters. The fourth-order valence-corrected chi connectivity index (χ4v) is 1.61. The molecule has 1 aromatic rings. The Morgan fingerprint density at radius 3 is 2.75 bits per heavy atom. The summed E-state index contributed by atoms with van der Waals surface area (Å²) in [6.45, 7) is 0. The third-order valence-electron chi connectivity index (χ3n) is 2.07. The van der Waals surface area contributed by atoms with Gasteiger partial charge in [-0.1, -0.05) is 18.2 Å². The molecule has 0 aliphatic rings. The van der Waals surface area contributed by atoms with Crippen LogP contribution in [0.4, 0.5) is 5.69 Å². The lowest BCUT2D eigenvalue weighted by Gasteiger charge is -2.13. The average Bonchev–Trinajstić information content (AvgIpc) is 2.34. The molecule has 1 atom stereocenters. The van der Waals surface area contributed by atoms with E-state index >= 15 is 0 Å². The molecule has 0 aromatic heterocycles. The average molecular weight is 239 g/mol. The van der Waals surface area contributed by atoms with Gasteiger partial charge in [-0.05, 0) is 30.6 Å². The molecule has 4 N–H and O–H groups in total. The van der Waals surface area contributed by atoms with E-state index in [9.17, 15) is 4.79 Å². The SMILES string of the molecule is CSCCC(N)C(=O)NNc1ccccc1. The summed E-state index contributed by atoms with van der Waals surface area (Å²) >= 11 is 1.68. The topological polar surface area (TPSA) is 67.2 Å². The first-order chi connectivity index (χ1) is 7.74. The van der Waals surface area contributed by atoms with Gasteiger partial charge in [0.1, 0.15) is 0 Å². The third kappa shape index (κ3) is 4.55. The molecule has 0 saturated heterocycles. The molecule has 0 aliphatic carbocycles. The van der Waals surface area contributed by atoms with E-state index in [0.717, 1.165) is 11.4 Å². The number of hydrazine groups is 1. The second-order valence-corrected chi connectivity index (χ2v) is 4.35. The Bertz CT molecular complexity index is 318. The van der Waals surface area contributed by atoms with Gasteiger partial charge < -0.3 is 5.73 Å². The van der Waals surface area contributed by atoms with E-state index in [4.69, 9.17) is 5.73 Å². The van der Waals surface area contributed by atoms with Crippen LogP contribution < -0.4 is 16.6 Å². The van der Waals surface area contributed by atoms with Gasteiger partial charge in [-0.3, -0.25) is 15.6 Å². The van der Waals surface area contributed by atoms with E-state index in [2.05, 4.69) is 10.9 Å². The van der Waals surface area contributed by atoms with Crippen molar-refractivity contribution in [2.24, 2.45) is 5.73 Å². The minimum absolute atomic E-state index is 0.182. The third-order valence-corrected chi connectivity index (χ3v) is 2.72. The summed E-state index contributed by atoms with van der Waals surface area (Å²) < 4.78 is 0. The molecule has 0 bridgehead atoms. The molecule has 1 aromatic carbocycles.